The van der Waals surface area contributed by atoms with Gasteiger partial charge in [0.25, 0.3) is 0 Å². The van der Waals surface area contributed by atoms with Gasteiger partial charge in [-0.3, -0.25) is 5.43 Å². The van der Waals surface area contributed by atoms with Crippen LogP contribution in [0.3, 0.4) is 0 Å². The highest BCUT2D eigenvalue weighted by atomic mass is 35.5. The van der Waals surface area contributed by atoms with Crippen LogP contribution in [-0.2, 0) is 0 Å². The molecule has 0 saturated carbocycles. The second kappa shape index (κ2) is 6.79. The van der Waals surface area contributed by atoms with E-state index in [1.54, 1.807) is 6.21 Å². The van der Waals surface area contributed by atoms with Crippen molar-refractivity contribution in [1.29, 1.82) is 0 Å². The van der Waals surface area contributed by atoms with E-state index >= 15 is 0 Å². The van der Waals surface area contributed by atoms with Crippen molar-refractivity contribution in [1.82, 2.24) is 9.55 Å². The Morgan fingerprint density at radius 3 is 2.64 bits per heavy atom. The SMILES string of the molecule is Clc1ccc(-n2cccc2/C=N\Nc2ccc3ccccc3n2)cc1. The number of para-hydroxylation sites is 1. The molecule has 0 unspecified atom stereocenters. The van der Waals surface area contributed by atoms with Crippen molar-refractivity contribution in [2.45, 2.75) is 0 Å². The maximum atomic E-state index is 5.95. The normalized spacial score (nSPS) is 11.2. The van der Waals surface area contributed by atoms with E-state index in [0.29, 0.717) is 5.82 Å². The number of rotatable bonds is 4. The lowest BCUT2D eigenvalue weighted by molar-refractivity contribution is 1.06. The lowest BCUT2D eigenvalue weighted by Crippen LogP contribution is -1.99. The predicted molar refractivity (Wildman–Crippen MR) is 104 cm³/mol. The lowest BCUT2D eigenvalue weighted by atomic mass is 10.2. The highest BCUT2D eigenvalue weighted by molar-refractivity contribution is 6.30. The zero-order chi connectivity index (χ0) is 17.1. The number of hydrazone groups is 1. The Morgan fingerprint density at radius 2 is 1.76 bits per heavy atom. The molecule has 0 aliphatic carbocycles. The Bertz CT molecular complexity index is 1030. The van der Waals surface area contributed by atoms with Gasteiger partial charge in [-0.15, -0.1) is 0 Å². The van der Waals surface area contributed by atoms with Gasteiger partial charge in [0.05, 0.1) is 17.4 Å². The van der Waals surface area contributed by atoms with Crippen LogP contribution < -0.4 is 5.43 Å². The summed E-state index contributed by atoms with van der Waals surface area (Å²) in [6.07, 6.45) is 3.75. The molecule has 1 N–H and O–H groups in total. The Morgan fingerprint density at radius 1 is 0.920 bits per heavy atom. The van der Waals surface area contributed by atoms with E-state index < -0.39 is 0 Å². The summed E-state index contributed by atoms with van der Waals surface area (Å²) in [4.78, 5) is 4.54. The first kappa shape index (κ1) is 15.4. The third kappa shape index (κ3) is 3.39. The second-order valence-corrected chi connectivity index (χ2v) is 5.98. The highest BCUT2D eigenvalue weighted by Crippen LogP contribution is 2.16. The van der Waals surface area contributed by atoms with Gasteiger partial charge in [0, 0.05) is 22.3 Å². The Balaban J connectivity index is 1.54. The largest absolute Gasteiger partial charge is 0.316 e. The monoisotopic (exact) mass is 346 g/mol. The molecule has 0 fully saturated rings. The molecule has 0 saturated heterocycles. The molecule has 0 aliphatic heterocycles. The lowest BCUT2D eigenvalue weighted by Gasteiger charge is -2.06. The summed E-state index contributed by atoms with van der Waals surface area (Å²) in [5, 5.41) is 6.13. The summed E-state index contributed by atoms with van der Waals surface area (Å²) in [6, 6.07) is 23.6. The number of pyridine rings is 1. The molecular weight excluding hydrogens is 332 g/mol. The van der Waals surface area contributed by atoms with Crippen LogP contribution in [-0.4, -0.2) is 15.8 Å². The number of hydrogen-bond acceptors (Lipinski definition) is 3. The molecule has 0 radical (unpaired) electrons. The number of nitrogens with zero attached hydrogens (tertiary/aromatic N) is 3. The van der Waals surface area contributed by atoms with Gasteiger partial charge in [-0.05, 0) is 54.6 Å². The fraction of sp³-hybridized carbons (Fsp3) is 0. The van der Waals surface area contributed by atoms with Gasteiger partial charge in [-0.1, -0.05) is 29.8 Å². The van der Waals surface area contributed by atoms with Gasteiger partial charge >= 0.3 is 0 Å². The number of benzene rings is 2. The summed E-state index contributed by atoms with van der Waals surface area (Å²) in [5.41, 5.74) is 5.91. The molecule has 0 bridgehead atoms. The average Bonchev–Trinajstić information content (AvgIpc) is 3.11. The van der Waals surface area contributed by atoms with Gasteiger partial charge in [-0.25, -0.2) is 4.98 Å². The van der Waals surface area contributed by atoms with Crippen molar-refractivity contribution in [2.24, 2.45) is 5.10 Å². The molecule has 25 heavy (non-hydrogen) atoms. The first-order valence-electron chi connectivity index (χ1n) is 7.88. The maximum absolute atomic E-state index is 5.95. The van der Waals surface area contributed by atoms with Crippen molar-refractivity contribution in [3.05, 3.63) is 89.7 Å². The van der Waals surface area contributed by atoms with E-state index in [1.165, 1.54) is 0 Å². The van der Waals surface area contributed by atoms with Crippen molar-refractivity contribution < 1.29 is 0 Å². The predicted octanol–water partition coefficient (Wildman–Crippen LogP) is 5.12. The van der Waals surface area contributed by atoms with Crippen molar-refractivity contribution >= 4 is 34.5 Å². The summed E-state index contributed by atoms with van der Waals surface area (Å²) in [6.45, 7) is 0. The Kier molecular flexibility index (Phi) is 4.19. The smallest absolute Gasteiger partial charge is 0.146 e. The van der Waals surface area contributed by atoms with Crippen molar-refractivity contribution in [3.63, 3.8) is 0 Å². The van der Waals surface area contributed by atoms with Gasteiger partial charge in [0.1, 0.15) is 5.82 Å². The van der Waals surface area contributed by atoms with Gasteiger partial charge in [0.15, 0.2) is 0 Å². The molecule has 4 rings (SSSR count). The molecule has 122 valence electrons. The minimum absolute atomic E-state index is 0.708. The van der Waals surface area contributed by atoms with E-state index in [4.69, 9.17) is 11.6 Å². The minimum atomic E-state index is 0.708. The molecular formula is C20H15ClN4. The van der Waals surface area contributed by atoms with E-state index in [2.05, 4.69) is 15.5 Å². The van der Waals surface area contributed by atoms with Gasteiger partial charge in [0.2, 0.25) is 0 Å². The molecule has 2 aromatic heterocycles. The van der Waals surface area contributed by atoms with E-state index in [1.807, 2.05) is 83.6 Å². The first-order valence-corrected chi connectivity index (χ1v) is 8.25. The molecule has 5 heteroatoms. The second-order valence-electron chi connectivity index (χ2n) is 5.54. The van der Waals surface area contributed by atoms with Crippen molar-refractivity contribution in [2.75, 3.05) is 5.43 Å². The fourth-order valence-corrected chi connectivity index (χ4v) is 2.75. The molecule has 4 aromatic rings. The highest BCUT2D eigenvalue weighted by Gasteiger charge is 2.01. The zero-order valence-electron chi connectivity index (χ0n) is 13.3. The van der Waals surface area contributed by atoms with Crippen LogP contribution in [0.1, 0.15) is 5.69 Å². The molecule has 2 heterocycles. The van der Waals surface area contributed by atoms with Crippen LogP contribution in [0, 0.1) is 0 Å². The van der Waals surface area contributed by atoms with Gasteiger partial charge in [-0.2, -0.15) is 5.10 Å². The van der Waals surface area contributed by atoms with Crippen LogP contribution in [0.2, 0.25) is 5.02 Å². The maximum Gasteiger partial charge on any atom is 0.146 e. The van der Waals surface area contributed by atoms with Crippen LogP contribution in [0.4, 0.5) is 5.82 Å². The van der Waals surface area contributed by atoms with Crippen molar-refractivity contribution in [3.8, 4) is 5.69 Å². The molecule has 0 spiro atoms. The minimum Gasteiger partial charge on any atom is -0.316 e. The zero-order valence-corrected chi connectivity index (χ0v) is 14.1. The summed E-state index contributed by atoms with van der Waals surface area (Å²) < 4.78 is 2.04. The van der Waals surface area contributed by atoms with Crippen LogP contribution >= 0.6 is 11.6 Å². The number of hydrogen-bond donors (Lipinski definition) is 1. The fourth-order valence-electron chi connectivity index (χ4n) is 2.63. The molecule has 2 aromatic carbocycles. The van der Waals surface area contributed by atoms with E-state index in [9.17, 15) is 0 Å². The quantitative estimate of drug-likeness (QED) is 0.411. The Hall–Kier alpha value is -3.11. The molecule has 0 atom stereocenters. The topological polar surface area (TPSA) is 42.2 Å². The number of halogens is 1. The van der Waals surface area contributed by atoms with E-state index in [0.717, 1.165) is 27.3 Å². The third-order valence-corrected chi connectivity index (χ3v) is 4.11. The van der Waals surface area contributed by atoms with Crippen LogP contribution in [0.25, 0.3) is 16.6 Å². The summed E-state index contributed by atoms with van der Waals surface area (Å²) in [7, 11) is 0. The number of aromatic nitrogens is 2. The average molecular weight is 347 g/mol. The van der Waals surface area contributed by atoms with Gasteiger partial charge < -0.3 is 4.57 Å². The van der Waals surface area contributed by atoms with Crippen LogP contribution in [0.15, 0.2) is 84.1 Å². The summed E-state index contributed by atoms with van der Waals surface area (Å²) >= 11 is 5.95. The first-order chi connectivity index (χ1) is 12.3. The number of nitrogens with one attached hydrogen (secondary N) is 1. The summed E-state index contributed by atoms with van der Waals surface area (Å²) in [5.74, 6) is 0.708. The third-order valence-electron chi connectivity index (χ3n) is 3.86. The number of fused-ring (bicyclic) bond motifs is 1. The molecule has 0 amide bonds. The number of anilines is 1. The molecule has 4 nitrogen and oxygen atoms in total. The standard InChI is InChI=1S/C20H15ClN4/c21-16-8-10-17(11-9-16)25-13-3-5-18(25)14-22-24-20-12-7-15-4-1-2-6-19(15)23-20/h1-14H,(H,23,24)/b22-14-. The van der Waals surface area contributed by atoms with Crippen LogP contribution in [0.5, 0.6) is 0 Å². The van der Waals surface area contributed by atoms with E-state index in [-0.39, 0.29) is 0 Å². The Labute approximate surface area is 150 Å². The molecule has 0 aliphatic rings.